The first-order chi connectivity index (χ1) is 6.68. The highest BCUT2D eigenvalue weighted by Crippen LogP contribution is 2.28. The summed E-state index contributed by atoms with van der Waals surface area (Å²) < 4.78 is 11.1. The fourth-order valence-corrected chi connectivity index (χ4v) is 1.65. The molecule has 2 heteroatoms. The maximum absolute atomic E-state index is 5.54. The Kier molecular flexibility index (Phi) is 2.30. The Morgan fingerprint density at radius 1 is 1.36 bits per heavy atom. The maximum atomic E-state index is 5.54. The van der Waals surface area contributed by atoms with Crippen LogP contribution in [-0.4, -0.2) is 12.4 Å². The summed E-state index contributed by atoms with van der Waals surface area (Å²) >= 11 is 0. The monoisotopic (exact) mass is 190 g/mol. The number of hydrogen-bond donors (Lipinski definition) is 0. The second-order valence-corrected chi connectivity index (χ2v) is 3.73. The Labute approximate surface area is 84.2 Å². The van der Waals surface area contributed by atoms with Gasteiger partial charge in [-0.25, -0.2) is 0 Å². The van der Waals surface area contributed by atoms with Gasteiger partial charge in [-0.2, -0.15) is 0 Å². The second kappa shape index (κ2) is 3.46. The van der Waals surface area contributed by atoms with Crippen LogP contribution in [0.4, 0.5) is 0 Å². The number of benzene rings is 1. The highest BCUT2D eigenvalue weighted by atomic mass is 16.7. The van der Waals surface area contributed by atoms with E-state index in [0.717, 1.165) is 6.42 Å². The Morgan fingerprint density at radius 2 is 2.07 bits per heavy atom. The third-order valence-corrected chi connectivity index (χ3v) is 2.27. The van der Waals surface area contributed by atoms with Crippen molar-refractivity contribution in [1.82, 2.24) is 0 Å². The molecule has 1 heterocycles. The van der Waals surface area contributed by atoms with Crippen molar-refractivity contribution in [3.05, 3.63) is 48.2 Å². The van der Waals surface area contributed by atoms with E-state index in [1.54, 1.807) is 0 Å². The summed E-state index contributed by atoms with van der Waals surface area (Å²) in [7, 11) is 0. The van der Waals surface area contributed by atoms with Gasteiger partial charge in [0.25, 0.3) is 0 Å². The van der Waals surface area contributed by atoms with Gasteiger partial charge >= 0.3 is 0 Å². The standard InChI is InChI=1S/C12H14O2/c1-10-9-13-12(2,14-10)8-11-6-4-3-5-7-11/h3-7H,1,8-9H2,2H3. The third-order valence-electron chi connectivity index (χ3n) is 2.27. The topological polar surface area (TPSA) is 18.5 Å². The molecule has 0 spiro atoms. The van der Waals surface area contributed by atoms with Crippen molar-refractivity contribution in [1.29, 1.82) is 0 Å². The molecule has 1 aromatic carbocycles. The third kappa shape index (κ3) is 1.96. The van der Waals surface area contributed by atoms with Crippen LogP contribution in [-0.2, 0) is 15.9 Å². The largest absolute Gasteiger partial charge is 0.465 e. The van der Waals surface area contributed by atoms with Crippen molar-refractivity contribution in [2.24, 2.45) is 0 Å². The summed E-state index contributed by atoms with van der Waals surface area (Å²) in [6.45, 7) is 6.19. The van der Waals surface area contributed by atoms with Crippen LogP contribution in [0, 0.1) is 0 Å². The van der Waals surface area contributed by atoms with E-state index in [0.29, 0.717) is 12.4 Å². The van der Waals surface area contributed by atoms with E-state index in [1.807, 2.05) is 25.1 Å². The first-order valence-electron chi connectivity index (χ1n) is 4.73. The van der Waals surface area contributed by atoms with Crippen LogP contribution < -0.4 is 0 Å². The zero-order valence-electron chi connectivity index (χ0n) is 8.32. The lowest BCUT2D eigenvalue weighted by molar-refractivity contribution is -0.131. The fraction of sp³-hybridized carbons (Fsp3) is 0.333. The zero-order valence-corrected chi connectivity index (χ0v) is 8.32. The van der Waals surface area contributed by atoms with Gasteiger partial charge in [0, 0.05) is 13.3 Å². The molecule has 74 valence electrons. The van der Waals surface area contributed by atoms with Crippen molar-refractivity contribution < 1.29 is 9.47 Å². The summed E-state index contributed by atoms with van der Waals surface area (Å²) in [6.07, 6.45) is 0.757. The minimum Gasteiger partial charge on any atom is -0.465 e. The van der Waals surface area contributed by atoms with Gasteiger partial charge in [-0.3, -0.25) is 0 Å². The van der Waals surface area contributed by atoms with Crippen molar-refractivity contribution in [3.63, 3.8) is 0 Å². The number of ether oxygens (including phenoxy) is 2. The van der Waals surface area contributed by atoms with E-state index in [-0.39, 0.29) is 0 Å². The van der Waals surface area contributed by atoms with Crippen LogP contribution in [0.3, 0.4) is 0 Å². The average Bonchev–Trinajstić information content (AvgIpc) is 2.47. The molecule has 14 heavy (non-hydrogen) atoms. The lowest BCUT2D eigenvalue weighted by atomic mass is 10.1. The Morgan fingerprint density at radius 3 is 2.64 bits per heavy atom. The lowest BCUT2D eigenvalue weighted by Crippen LogP contribution is -2.28. The van der Waals surface area contributed by atoms with E-state index in [4.69, 9.17) is 9.47 Å². The van der Waals surface area contributed by atoms with Crippen molar-refractivity contribution in [2.75, 3.05) is 6.61 Å². The molecule has 1 aliphatic heterocycles. The van der Waals surface area contributed by atoms with E-state index in [2.05, 4.69) is 18.7 Å². The molecular formula is C12H14O2. The van der Waals surface area contributed by atoms with Gasteiger partial charge in [-0.1, -0.05) is 36.9 Å². The van der Waals surface area contributed by atoms with Crippen molar-refractivity contribution in [2.45, 2.75) is 19.1 Å². The zero-order chi connectivity index (χ0) is 10.0. The molecule has 1 atom stereocenters. The summed E-state index contributed by atoms with van der Waals surface area (Å²) in [6, 6.07) is 10.2. The van der Waals surface area contributed by atoms with Gasteiger partial charge in [0.15, 0.2) is 0 Å². The SMILES string of the molecule is C=C1COC(C)(Cc2ccccc2)O1. The normalized spacial score (nSPS) is 26.2. The smallest absolute Gasteiger partial charge is 0.211 e. The fourth-order valence-electron chi connectivity index (χ4n) is 1.65. The van der Waals surface area contributed by atoms with Crippen LogP contribution >= 0.6 is 0 Å². The van der Waals surface area contributed by atoms with E-state index < -0.39 is 5.79 Å². The minimum atomic E-state index is -0.529. The molecular weight excluding hydrogens is 176 g/mol. The molecule has 1 saturated heterocycles. The molecule has 2 rings (SSSR count). The molecule has 0 saturated carbocycles. The number of rotatable bonds is 2. The predicted octanol–water partition coefficient (Wildman–Crippen LogP) is 2.51. The van der Waals surface area contributed by atoms with Gasteiger partial charge in [-0.05, 0) is 5.56 Å². The first-order valence-corrected chi connectivity index (χ1v) is 4.73. The quantitative estimate of drug-likeness (QED) is 0.713. The summed E-state index contributed by atoms with van der Waals surface area (Å²) in [5, 5.41) is 0. The maximum Gasteiger partial charge on any atom is 0.211 e. The number of hydrogen-bond acceptors (Lipinski definition) is 2. The molecule has 0 aromatic heterocycles. The highest BCUT2D eigenvalue weighted by molar-refractivity contribution is 5.16. The Balaban J connectivity index is 2.08. The van der Waals surface area contributed by atoms with E-state index in [9.17, 15) is 0 Å². The highest BCUT2D eigenvalue weighted by Gasteiger charge is 2.33. The molecule has 0 N–H and O–H groups in total. The van der Waals surface area contributed by atoms with Gasteiger partial charge in [0.2, 0.25) is 5.79 Å². The van der Waals surface area contributed by atoms with Gasteiger partial charge in [0.05, 0.1) is 0 Å². The summed E-state index contributed by atoms with van der Waals surface area (Å²) in [5.74, 6) is 0.182. The van der Waals surface area contributed by atoms with Crippen molar-refractivity contribution >= 4 is 0 Å². The minimum absolute atomic E-state index is 0.503. The second-order valence-electron chi connectivity index (χ2n) is 3.73. The summed E-state index contributed by atoms with van der Waals surface area (Å²) in [4.78, 5) is 0. The lowest BCUT2D eigenvalue weighted by Gasteiger charge is -2.22. The van der Waals surface area contributed by atoms with Crippen LogP contribution in [0.15, 0.2) is 42.7 Å². The van der Waals surface area contributed by atoms with Crippen LogP contribution in [0.25, 0.3) is 0 Å². The molecule has 1 aromatic rings. The van der Waals surface area contributed by atoms with E-state index in [1.165, 1.54) is 5.56 Å². The van der Waals surface area contributed by atoms with Gasteiger partial charge in [-0.15, -0.1) is 0 Å². The molecule has 0 amide bonds. The average molecular weight is 190 g/mol. The van der Waals surface area contributed by atoms with Crippen molar-refractivity contribution in [3.8, 4) is 0 Å². The molecule has 1 unspecified atom stereocenters. The van der Waals surface area contributed by atoms with Gasteiger partial charge < -0.3 is 9.47 Å². The molecule has 0 aliphatic carbocycles. The molecule has 1 aliphatic rings. The van der Waals surface area contributed by atoms with Crippen LogP contribution in [0.1, 0.15) is 12.5 Å². The van der Waals surface area contributed by atoms with Crippen LogP contribution in [0.5, 0.6) is 0 Å². The van der Waals surface area contributed by atoms with E-state index >= 15 is 0 Å². The Bertz CT molecular complexity index is 331. The Hall–Kier alpha value is -1.28. The van der Waals surface area contributed by atoms with Gasteiger partial charge in [0.1, 0.15) is 12.4 Å². The molecule has 2 nitrogen and oxygen atoms in total. The molecule has 1 fully saturated rings. The predicted molar refractivity (Wildman–Crippen MR) is 54.7 cm³/mol. The first kappa shape index (κ1) is 9.28. The summed E-state index contributed by atoms with van der Waals surface area (Å²) in [5.41, 5.74) is 1.21. The molecule has 0 radical (unpaired) electrons. The molecule has 0 bridgehead atoms. The van der Waals surface area contributed by atoms with Crippen LogP contribution in [0.2, 0.25) is 0 Å².